The predicted molar refractivity (Wildman–Crippen MR) is 83.4 cm³/mol. The van der Waals surface area contributed by atoms with Crippen LogP contribution in [-0.4, -0.2) is 24.2 Å². The van der Waals surface area contributed by atoms with Crippen LogP contribution in [0.5, 0.6) is 5.75 Å². The van der Waals surface area contributed by atoms with Gasteiger partial charge in [-0.15, -0.1) is 11.3 Å². The van der Waals surface area contributed by atoms with E-state index in [0.717, 1.165) is 4.88 Å². The van der Waals surface area contributed by atoms with E-state index < -0.39 is 4.92 Å². The Bertz CT molecular complexity index is 698. The lowest BCUT2D eigenvalue weighted by molar-refractivity contribution is -0.385. The first-order valence-corrected chi connectivity index (χ1v) is 7.15. The van der Waals surface area contributed by atoms with Crippen LogP contribution in [0.25, 0.3) is 0 Å². The highest BCUT2D eigenvalue weighted by atomic mass is 32.1. The number of carbonyl (C=O) groups excluding carboxylic acids is 1. The highest BCUT2D eigenvalue weighted by molar-refractivity contribution is 7.10. The zero-order valence-corrected chi connectivity index (χ0v) is 12.5. The number of hydrazone groups is 1. The summed E-state index contributed by atoms with van der Waals surface area (Å²) in [6.45, 7) is 0. The zero-order chi connectivity index (χ0) is 15.9. The molecule has 0 saturated heterocycles. The molecule has 0 radical (unpaired) electrons. The highest BCUT2D eigenvalue weighted by Gasteiger charge is 2.14. The third-order valence-electron chi connectivity index (χ3n) is 2.72. The van der Waals surface area contributed by atoms with Crippen LogP contribution in [-0.2, 0) is 11.2 Å². The third-order valence-corrected chi connectivity index (χ3v) is 3.59. The number of methoxy groups -OCH3 is 1. The van der Waals surface area contributed by atoms with Crippen LogP contribution in [0.1, 0.15) is 10.4 Å². The predicted octanol–water partition coefficient (Wildman–Crippen LogP) is 2.36. The topological polar surface area (TPSA) is 93.8 Å². The largest absolute Gasteiger partial charge is 0.490 e. The van der Waals surface area contributed by atoms with Gasteiger partial charge in [0.15, 0.2) is 5.75 Å². The van der Waals surface area contributed by atoms with Crippen molar-refractivity contribution in [1.82, 2.24) is 5.43 Å². The molecule has 8 heteroatoms. The van der Waals surface area contributed by atoms with Crippen molar-refractivity contribution in [1.29, 1.82) is 0 Å². The fraction of sp³-hybridized carbons (Fsp3) is 0.143. The third kappa shape index (κ3) is 4.13. The van der Waals surface area contributed by atoms with Gasteiger partial charge in [0.05, 0.1) is 24.7 Å². The van der Waals surface area contributed by atoms with Gasteiger partial charge in [-0.25, -0.2) is 5.43 Å². The van der Waals surface area contributed by atoms with E-state index in [4.69, 9.17) is 4.74 Å². The Kier molecular flexibility index (Phi) is 5.21. The Morgan fingerprint density at radius 1 is 1.50 bits per heavy atom. The standard InChI is InChI=1S/C14H13N3O4S/c1-21-13-5-4-10(7-12(13)17(19)20)9-15-16-14(18)8-11-3-2-6-22-11/h2-7,9H,8H2,1H3,(H,16,18)/b15-9+. The second-order valence-corrected chi connectivity index (χ2v) is 5.27. The zero-order valence-electron chi connectivity index (χ0n) is 11.7. The van der Waals surface area contributed by atoms with Crippen LogP contribution in [0.2, 0.25) is 0 Å². The van der Waals surface area contributed by atoms with Crippen molar-refractivity contribution in [2.24, 2.45) is 5.10 Å². The summed E-state index contributed by atoms with van der Waals surface area (Å²) >= 11 is 1.49. The Hall–Kier alpha value is -2.74. The van der Waals surface area contributed by atoms with E-state index >= 15 is 0 Å². The quantitative estimate of drug-likeness (QED) is 0.502. The van der Waals surface area contributed by atoms with Crippen LogP contribution >= 0.6 is 11.3 Å². The van der Waals surface area contributed by atoms with Gasteiger partial charge in [-0.3, -0.25) is 14.9 Å². The summed E-state index contributed by atoms with van der Waals surface area (Å²) in [5.41, 5.74) is 2.72. The lowest BCUT2D eigenvalue weighted by Gasteiger charge is -2.02. The minimum Gasteiger partial charge on any atom is -0.490 e. The van der Waals surface area contributed by atoms with Crippen molar-refractivity contribution in [2.45, 2.75) is 6.42 Å². The molecule has 2 aromatic rings. The van der Waals surface area contributed by atoms with E-state index in [2.05, 4.69) is 10.5 Å². The molecule has 0 spiro atoms. The molecule has 0 aliphatic carbocycles. The number of hydrogen-bond donors (Lipinski definition) is 1. The Morgan fingerprint density at radius 3 is 2.95 bits per heavy atom. The van der Waals surface area contributed by atoms with Gasteiger partial charge in [0, 0.05) is 16.5 Å². The number of carbonyl (C=O) groups is 1. The summed E-state index contributed by atoms with van der Waals surface area (Å²) in [5.74, 6) is -0.0782. The number of benzene rings is 1. The number of hydrogen-bond acceptors (Lipinski definition) is 6. The van der Waals surface area contributed by atoms with E-state index in [1.165, 1.54) is 36.8 Å². The van der Waals surface area contributed by atoms with Gasteiger partial charge >= 0.3 is 5.69 Å². The van der Waals surface area contributed by atoms with Gasteiger partial charge in [0.2, 0.25) is 5.91 Å². The number of amides is 1. The van der Waals surface area contributed by atoms with Gasteiger partial charge < -0.3 is 4.74 Å². The molecule has 0 aliphatic rings. The van der Waals surface area contributed by atoms with E-state index in [1.807, 2.05) is 17.5 Å². The van der Waals surface area contributed by atoms with Crippen molar-refractivity contribution in [3.63, 3.8) is 0 Å². The summed E-state index contributed by atoms with van der Waals surface area (Å²) in [6.07, 6.45) is 1.59. The molecule has 1 aromatic heterocycles. The summed E-state index contributed by atoms with van der Waals surface area (Å²) in [6, 6.07) is 8.15. The SMILES string of the molecule is COc1ccc(/C=N/NC(=O)Cc2cccs2)cc1[N+](=O)[O-]. The summed E-state index contributed by atoms with van der Waals surface area (Å²) in [4.78, 5) is 22.9. The first-order valence-electron chi connectivity index (χ1n) is 6.27. The molecule has 0 aliphatic heterocycles. The van der Waals surface area contributed by atoms with Gasteiger partial charge in [0.1, 0.15) is 0 Å². The van der Waals surface area contributed by atoms with Gasteiger partial charge in [0.25, 0.3) is 0 Å². The molecule has 0 unspecified atom stereocenters. The van der Waals surface area contributed by atoms with Gasteiger partial charge in [-0.1, -0.05) is 6.07 Å². The Morgan fingerprint density at radius 2 is 2.32 bits per heavy atom. The highest BCUT2D eigenvalue weighted by Crippen LogP contribution is 2.26. The molecular weight excluding hydrogens is 306 g/mol. The van der Waals surface area contributed by atoms with Gasteiger partial charge in [-0.05, 0) is 23.6 Å². The van der Waals surface area contributed by atoms with Crippen LogP contribution in [0.3, 0.4) is 0 Å². The molecule has 1 N–H and O–H groups in total. The maximum atomic E-state index is 11.6. The van der Waals surface area contributed by atoms with E-state index in [0.29, 0.717) is 5.56 Å². The van der Waals surface area contributed by atoms with Crippen molar-refractivity contribution in [2.75, 3.05) is 7.11 Å². The number of ether oxygens (including phenoxy) is 1. The fourth-order valence-corrected chi connectivity index (χ4v) is 2.42. The van der Waals surface area contributed by atoms with E-state index in [9.17, 15) is 14.9 Å². The van der Waals surface area contributed by atoms with E-state index in [-0.39, 0.29) is 23.8 Å². The minimum atomic E-state index is -0.536. The normalized spacial score (nSPS) is 10.6. The summed E-state index contributed by atoms with van der Waals surface area (Å²) in [5, 5.41) is 16.6. The molecule has 1 aromatic carbocycles. The molecule has 1 amide bonds. The van der Waals surface area contributed by atoms with Crippen molar-refractivity contribution < 1.29 is 14.5 Å². The molecule has 22 heavy (non-hydrogen) atoms. The van der Waals surface area contributed by atoms with Crippen LogP contribution in [0.4, 0.5) is 5.69 Å². The second kappa shape index (κ2) is 7.32. The van der Waals surface area contributed by atoms with Crippen molar-refractivity contribution >= 4 is 29.1 Å². The fourth-order valence-electron chi connectivity index (χ4n) is 1.72. The van der Waals surface area contributed by atoms with E-state index in [1.54, 1.807) is 6.07 Å². The number of thiophene rings is 1. The van der Waals surface area contributed by atoms with Crippen LogP contribution in [0.15, 0.2) is 40.8 Å². The van der Waals surface area contributed by atoms with Crippen molar-refractivity contribution in [3.05, 3.63) is 56.3 Å². The number of nitrogens with one attached hydrogen (secondary N) is 1. The van der Waals surface area contributed by atoms with Crippen molar-refractivity contribution in [3.8, 4) is 5.75 Å². The molecule has 7 nitrogen and oxygen atoms in total. The number of rotatable bonds is 6. The molecular formula is C14H13N3O4S. The number of nitrogens with zero attached hydrogens (tertiary/aromatic N) is 2. The Balaban J connectivity index is 1.99. The monoisotopic (exact) mass is 319 g/mol. The maximum absolute atomic E-state index is 11.6. The molecule has 0 saturated carbocycles. The first-order chi connectivity index (χ1) is 10.6. The lowest BCUT2D eigenvalue weighted by Crippen LogP contribution is -2.19. The molecule has 0 fully saturated rings. The molecule has 2 rings (SSSR count). The smallest absolute Gasteiger partial charge is 0.311 e. The van der Waals surface area contributed by atoms with Crippen LogP contribution < -0.4 is 10.2 Å². The number of nitro benzene ring substituents is 1. The van der Waals surface area contributed by atoms with Crippen LogP contribution in [0, 0.1) is 10.1 Å². The molecule has 0 atom stereocenters. The minimum absolute atomic E-state index is 0.156. The summed E-state index contributed by atoms with van der Waals surface area (Å²) < 4.78 is 4.91. The average Bonchev–Trinajstić information content (AvgIpc) is 2.99. The Labute approximate surface area is 130 Å². The molecule has 1 heterocycles. The first kappa shape index (κ1) is 15.6. The lowest BCUT2D eigenvalue weighted by atomic mass is 10.2. The second-order valence-electron chi connectivity index (χ2n) is 4.24. The molecule has 0 bridgehead atoms. The summed E-state index contributed by atoms with van der Waals surface area (Å²) in [7, 11) is 1.36. The number of nitro groups is 1. The average molecular weight is 319 g/mol. The molecule has 114 valence electrons. The van der Waals surface area contributed by atoms with Gasteiger partial charge in [-0.2, -0.15) is 5.10 Å². The maximum Gasteiger partial charge on any atom is 0.311 e.